The second kappa shape index (κ2) is 8.56. The van der Waals surface area contributed by atoms with E-state index in [1.807, 2.05) is 6.07 Å². The molecule has 1 unspecified atom stereocenters. The number of thiophene rings is 2. The third-order valence-corrected chi connectivity index (χ3v) is 7.16. The van der Waals surface area contributed by atoms with Gasteiger partial charge in [-0.1, -0.05) is 30.3 Å². The van der Waals surface area contributed by atoms with Crippen molar-refractivity contribution in [1.29, 1.82) is 5.26 Å². The minimum atomic E-state index is -0.156. The molecular weight excluding hydrogens is 422 g/mol. The number of nitrogens with two attached hydrogens (primary N) is 1. The molecule has 0 fully saturated rings. The van der Waals surface area contributed by atoms with Crippen LogP contribution in [0.15, 0.2) is 92.3 Å². The largest absolute Gasteiger partial charge is 0.440 e. The quantitative estimate of drug-likeness (QED) is 0.638. The van der Waals surface area contributed by atoms with Crippen LogP contribution >= 0.6 is 22.7 Å². The Kier molecular flexibility index (Phi) is 5.47. The third kappa shape index (κ3) is 3.96. The van der Waals surface area contributed by atoms with Gasteiger partial charge in [0.2, 0.25) is 5.88 Å². The van der Waals surface area contributed by atoms with Crippen LogP contribution in [0.3, 0.4) is 0 Å². The van der Waals surface area contributed by atoms with Gasteiger partial charge in [-0.15, -0.1) is 0 Å². The first kappa shape index (κ1) is 19.8. The Morgan fingerprint density at radius 1 is 1.10 bits per heavy atom. The molecule has 0 saturated heterocycles. The van der Waals surface area contributed by atoms with E-state index in [9.17, 15) is 5.26 Å². The van der Waals surface area contributed by atoms with Gasteiger partial charge in [-0.3, -0.25) is 0 Å². The summed E-state index contributed by atoms with van der Waals surface area (Å²) in [5, 5.41) is 18.3. The minimum absolute atomic E-state index is 0.156. The van der Waals surface area contributed by atoms with Crippen molar-refractivity contribution < 1.29 is 9.64 Å². The van der Waals surface area contributed by atoms with Crippen LogP contribution in [0.4, 0.5) is 0 Å². The minimum Gasteiger partial charge on any atom is -0.440 e. The van der Waals surface area contributed by atoms with Crippen molar-refractivity contribution in [3.8, 4) is 6.07 Å². The maximum absolute atomic E-state index is 9.89. The number of allylic oxidation sites excluding steroid dienone is 1. The third-order valence-electron chi connectivity index (χ3n) is 5.76. The van der Waals surface area contributed by atoms with Crippen LogP contribution in [0.1, 0.15) is 22.6 Å². The smallest absolute Gasteiger partial charge is 0.205 e. The Balaban J connectivity index is 1.60. The normalized spacial score (nSPS) is 22.2. The fourth-order valence-electron chi connectivity index (χ4n) is 4.42. The van der Waals surface area contributed by atoms with Gasteiger partial charge in [-0.05, 0) is 50.9 Å². The second-order valence-electron chi connectivity index (χ2n) is 7.83. The van der Waals surface area contributed by atoms with Crippen LogP contribution < -0.4 is 10.6 Å². The van der Waals surface area contributed by atoms with E-state index < -0.39 is 0 Å². The molecule has 2 aliphatic heterocycles. The molecule has 1 aromatic carbocycles. The molecule has 2 aliphatic rings. The van der Waals surface area contributed by atoms with Crippen molar-refractivity contribution in [3.05, 3.63) is 109 Å². The number of nitrogens with zero attached hydrogens (tertiary/aromatic N) is 1. The number of benzene rings is 1. The van der Waals surface area contributed by atoms with Gasteiger partial charge in [0.1, 0.15) is 37.0 Å². The average Bonchev–Trinajstić information content (AvgIpc) is 3.48. The summed E-state index contributed by atoms with van der Waals surface area (Å²) < 4.78 is 6.12. The molecule has 3 aromatic rings. The zero-order valence-corrected chi connectivity index (χ0v) is 18.5. The molecule has 0 aliphatic carbocycles. The maximum Gasteiger partial charge on any atom is 0.205 e. The first-order valence-electron chi connectivity index (χ1n) is 10.2. The standard InChI is InChI=1S/C25H21N3OS2/c26-11-21-23(19-7-9-31-16-19)22-14-28(12-17-4-2-1-3-5-17)13-20(24(22)29-25(21)27)10-18-6-8-30-15-18/h1-10,15-16,23H,12-14,27H2/p+1/b20-10-/t23-/m0/s1. The first-order valence-corrected chi connectivity index (χ1v) is 12.0. The van der Waals surface area contributed by atoms with Gasteiger partial charge in [0.25, 0.3) is 0 Å². The van der Waals surface area contributed by atoms with Crippen LogP contribution in [0.25, 0.3) is 6.08 Å². The van der Waals surface area contributed by atoms with Crippen LogP contribution in [0.2, 0.25) is 0 Å². The van der Waals surface area contributed by atoms with Crippen molar-refractivity contribution in [3.63, 3.8) is 0 Å². The molecule has 5 rings (SSSR count). The summed E-state index contributed by atoms with van der Waals surface area (Å²) in [5.41, 5.74) is 12.6. The van der Waals surface area contributed by atoms with Crippen LogP contribution in [0.5, 0.6) is 0 Å². The van der Waals surface area contributed by atoms with E-state index in [4.69, 9.17) is 10.5 Å². The van der Waals surface area contributed by atoms with Gasteiger partial charge in [-0.2, -0.15) is 27.9 Å². The highest BCUT2D eigenvalue weighted by atomic mass is 32.1. The molecule has 3 N–H and O–H groups in total. The molecule has 4 nitrogen and oxygen atoms in total. The van der Waals surface area contributed by atoms with Crippen molar-refractivity contribution >= 4 is 28.7 Å². The van der Waals surface area contributed by atoms with E-state index in [1.54, 1.807) is 22.7 Å². The van der Waals surface area contributed by atoms with E-state index >= 15 is 0 Å². The van der Waals surface area contributed by atoms with Gasteiger partial charge in [0.05, 0.1) is 5.92 Å². The Hall–Kier alpha value is -3.11. The van der Waals surface area contributed by atoms with Crippen LogP contribution in [-0.4, -0.2) is 13.1 Å². The Labute approximate surface area is 189 Å². The number of nitriles is 1. The lowest BCUT2D eigenvalue weighted by molar-refractivity contribution is -0.906. The molecule has 154 valence electrons. The predicted molar refractivity (Wildman–Crippen MR) is 125 cm³/mol. The lowest BCUT2D eigenvalue weighted by Gasteiger charge is -2.36. The SMILES string of the molecule is N#CC1=C(N)OC2=C(C[NH+](Cc3ccccc3)C/C2=C/c2ccsc2)[C@H]1c1ccsc1. The molecule has 0 spiro atoms. The topological polar surface area (TPSA) is 63.5 Å². The predicted octanol–water partition coefficient (Wildman–Crippen LogP) is 4.05. The van der Waals surface area contributed by atoms with Crippen LogP contribution in [-0.2, 0) is 11.3 Å². The van der Waals surface area contributed by atoms with Crippen molar-refractivity contribution in [2.75, 3.05) is 13.1 Å². The molecule has 4 heterocycles. The Morgan fingerprint density at radius 3 is 2.61 bits per heavy atom. The van der Waals surface area contributed by atoms with Crippen LogP contribution in [0, 0.1) is 11.3 Å². The molecule has 0 bridgehead atoms. The Morgan fingerprint density at radius 2 is 1.90 bits per heavy atom. The lowest BCUT2D eigenvalue weighted by Crippen LogP contribution is -3.12. The number of hydrogen-bond donors (Lipinski definition) is 2. The Bertz CT molecular complexity index is 1200. The maximum atomic E-state index is 9.89. The van der Waals surface area contributed by atoms with E-state index in [0.29, 0.717) is 5.57 Å². The summed E-state index contributed by atoms with van der Waals surface area (Å²) in [4.78, 5) is 1.42. The fraction of sp³-hybridized carbons (Fsp3) is 0.160. The summed E-state index contributed by atoms with van der Waals surface area (Å²) in [6.07, 6.45) is 2.20. The number of ether oxygens (including phenoxy) is 1. The molecule has 2 atom stereocenters. The first-order chi connectivity index (χ1) is 15.2. The molecule has 2 aromatic heterocycles. The highest BCUT2D eigenvalue weighted by Crippen LogP contribution is 2.42. The second-order valence-corrected chi connectivity index (χ2v) is 9.39. The van der Waals surface area contributed by atoms with E-state index in [0.717, 1.165) is 47.7 Å². The summed E-state index contributed by atoms with van der Waals surface area (Å²) in [6.45, 7) is 2.56. The van der Waals surface area contributed by atoms with Gasteiger partial charge in [0.15, 0.2) is 0 Å². The highest BCUT2D eigenvalue weighted by molar-refractivity contribution is 7.08. The van der Waals surface area contributed by atoms with Crippen molar-refractivity contribution in [1.82, 2.24) is 0 Å². The van der Waals surface area contributed by atoms with E-state index in [-0.39, 0.29) is 11.8 Å². The summed E-state index contributed by atoms with van der Waals surface area (Å²) in [7, 11) is 0. The van der Waals surface area contributed by atoms with Gasteiger partial charge >= 0.3 is 0 Å². The van der Waals surface area contributed by atoms with Crippen molar-refractivity contribution in [2.45, 2.75) is 12.5 Å². The van der Waals surface area contributed by atoms with Gasteiger partial charge in [-0.25, -0.2) is 0 Å². The molecular formula is C25H22N3OS2+. The summed E-state index contributed by atoms with van der Waals surface area (Å²) in [5.74, 6) is 0.910. The highest BCUT2D eigenvalue weighted by Gasteiger charge is 2.39. The number of nitrogens with one attached hydrogen (secondary N) is 1. The fourth-order valence-corrected chi connectivity index (χ4v) is 5.73. The lowest BCUT2D eigenvalue weighted by atomic mass is 9.81. The zero-order chi connectivity index (χ0) is 21.2. The van der Waals surface area contributed by atoms with E-state index in [1.165, 1.54) is 10.5 Å². The van der Waals surface area contributed by atoms with E-state index in [2.05, 4.69) is 70.1 Å². The zero-order valence-electron chi connectivity index (χ0n) is 16.9. The number of hydrogen-bond acceptors (Lipinski definition) is 5. The van der Waals surface area contributed by atoms with Gasteiger partial charge in [0, 0.05) is 16.7 Å². The number of rotatable bonds is 4. The molecule has 0 radical (unpaired) electrons. The monoisotopic (exact) mass is 444 g/mol. The summed E-state index contributed by atoms with van der Waals surface area (Å²) in [6, 6.07) is 17.1. The summed E-state index contributed by atoms with van der Waals surface area (Å²) >= 11 is 3.32. The molecule has 0 amide bonds. The molecule has 6 heteroatoms. The number of quaternary nitrogens is 1. The molecule has 31 heavy (non-hydrogen) atoms. The average molecular weight is 445 g/mol. The van der Waals surface area contributed by atoms with Crippen molar-refractivity contribution in [2.24, 2.45) is 5.73 Å². The molecule has 0 saturated carbocycles. The van der Waals surface area contributed by atoms with Gasteiger partial charge < -0.3 is 15.4 Å².